The van der Waals surface area contributed by atoms with Gasteiger partial charge in [-0.15, -0.1) is 0 Å². The van der Waals surface area contributed by atoms with E-state index < -0.39 is 11.9 Å². The van der Waals surface area contributed by atoms with Gasteiger partial charge in [0.1, 0.15) is 24.7 Å². The molecule has 0 saturated heterocycles. The van der Waals surface area contributed by atoms with E-state index in [0.717, 1.165) is 33.0 Å². The molecular formula is C40H46O12-2. The van der Waals surface area contributed by atoms with Crippen LogP contribution in [0, 0.1) is 13.8 Å². The molecule has 0 fully saturated rings. The Bertz CT molecular complexity index is 1640. The van der Waals surface area contributed by atoms with E-state index in [9.17, 15) is 19.8 Å². The Balaban J connectivity index is 1.53. The molecule has 0 radical (unpaired) electrons. The van der Waals surface area contributed by atoms with E-state index in [2.05, 4.69) is 0 Å². The van der Waals surface area contributed by atoms with Gasteiger partial charge >= 0.3 is 0 Å². The number of aromatic carboxylic acids is 2. The second-order valence-electron chi connectivity index (χ2n) is 11.8. The van der Waals surface area contributed by atoms with Crippen LogP contribution in [0.25, 0.3) is 33.0 Å². The molecule has 12 heteroatoms. The highest BCUT2D eigenvalue weighted by molar-refractivity contribution is 6.06. The van der Waals surface area contributed by atoms with Crippen LogP contribution in [0.3, 0.4) is 0 Å². The average Bonchev–Trinajstić information content (AvgIpc) is 3.13. The second kappa shape index (κ2) is 21.1. The number of carboxylic acids is 2. The van der Waals surface area contributed by atoms with Crippen molar-refractivity contribution in [2.75, 3.05) is 93.5 Å². The number of aryl methyl sites for hydroxylation is 2. The summed E-state index contributed by atoms with van der Waals surface area (Å²) in [5.74, 6) is -2.39. The molecular weight excluding hydrogens is 672 g/mol. The highest BCUT2D eigenvalue weighted by atomic mass is 16.6. The van der Waals surface area contributed by atoms with Gasteiger partial charge in [-0.2, -0.15) is 0 Å². The van der Waals surface area contributed by atoms with Crippen molar-refractivity contribution in [3.05, 3.63) is 82.9 Å². The quantitative estimate of drug-likeness (QED) is 0.0973. The number of ether oxygens (including phenoxy) is 8. The number of carbonyl (C=O) groups excluding carboxylic acids is 2. The molecule has 0 spiro atoms. The van der Waals surface area contributed by atoms with Crippen LogP contribution in [-0.4, -0.2) is 105 Å². The van der Waals surface area contributed by atoms with E-state index >= 15 is 0 Å². The Morgan fingerprint density at radius 2 is 0.827 bits per heavy atom. The van der Waals surface area contributed by atoms with Crippen LogP contribution in [-0.2, 0) is 28.4 Å². The van der Waals surface area contributed by atoms with Gasteiger partial charge in [0.25, 0.3) is 0 Å². The van der Waals surface area contributed by atoms with Crippen molar-refractivity contribution in [2.24, 2.45) is 0 Å². The molecule has 4 rings (SSSR count). The molecule has 0 amide bonds. The smallest absolute Gasteiger partial charge is 0.128 e. The SMILES string of the molecule is COCCOCCOCCOc1ccc(-c2cc(C)cc3c(-c4ccc(OCCOCCOCCOC)c(C(=O)[O-])c4)cc(C)cc23)cc1C(=O)[O-]. The van der Waals surface area contributed by atoms with Crippen molar-refractivity contribution < 1.29 is 57.7 Å². The number of carbonyl (C=O) groups is 2. The van der Waals surface area contributed by atoms with Crippen molar-refractivity contribution in [3.63, 3.8) is 0 Å². The average molecular weight is 719 g/mol. The maximum Gasteiger partial charge on any atom is 0.128 e. The Morgan fingerprint density at radius 3 is 1.17 bits per heavy atom. The first kappa shape index (κ1) is 40.2. The lowest BCUT2D eigenvalue weighted by molar-refractivity contribution is -0.256. The topological polar surface area (TPSA) is 154 Å². The van der Waals surface area contributed by atoms with Crippen LogP contribution in [0.1, 0.15) is 31.8 Å². The fraction of sp³-hybridized carbons (Fsp3) is 0.400. The van der Waals surface area contributed by atoms with E-state index in [-0.39, 0.29) is 49.1 Å². The predicted octanol–water partition coefficient (Wildman–Crippen LogP) is 3.63. The third kappa shape index (κ3) is 11.7. The van der Waals surface area contributed by atoms with Gasteiger partial charge in [0.2, 0.25) is 0 Å². The first-order valence-electron chi connectivity index (χ1n) is 17.0. The molecule has 52 heavy (non-hydrogen) atoms. The zero-order valence-electron chi connectivity index (χ0n) is 30.2. The summed E-state index contributed by atoms with van der Waals surface area (Å²) in [5.41, 5.74) is 4.60. The molecule has 0 unspecified atom stereocenters. The van der Waals surface area contributed by atoms with Crippen LogP contribution in [0.4, 0.5) is 0 Å². The fourth-order valence-electron chi connectivity index (χ4n) is 5.54. The van der Waals surface area contributed by atoms with Gasteiger partial charge in [-0.25, -0.2) is 0 Å². The standard InChI is InChI=1S/C40H48O12/c1-27-21-31(29-5-7-37(35(25-29)39(41)42)51-19-17-49-15-13-47-11-9-45-3)34-24-28(2)22-32(33(34)23-27)30-6-8-38(36(26-30)40(43)44)52-20-18-50-16-14-48-12-10-46-4/h5-8,21-26H,9-20H2,1-4H3,(H,41,42)(H,43,44)/p-2. The summed E-state index contributed by atoms with van der Waals surface area (Å²) in [7, 11) is 3.20. The van der Waals surface area contributed by atoms with Crippen molar-refractivity contribution >= 4 is 22.7 Å². The highest BCUT2D eigenvalue weighted by Crippen LogP contribution is 2.39. The highest BCUT2D eigenvalue weighted by Gasteiger charge is 2.16. The lowest BCUT2D eigenvalue weighted by atomic mass is 9.89. The Kier molecular flexibility index (Phi) is 16.3. The molecule has 0 bridgehead atoms. The van der Waals surface area contributed by atoms with Crippen LogP contribution in [0.5, 0.6) is 11.5 Å². The number of carboxylic acid groups (broad SMARTS) is 2. The number of benzene rings is 4. The van der Waals surface area contributed by atoms with Crippen LogP contribution < -0.4 is 19.7 Å². The minimum absolute atomic E-state index is 0.0853. The van der Waals surface area contributed by atoms with Gasteiger partial charge in [0, 0.05) is 25.3 Å². The van der Waals surface area contributed by atoms with Crippen LogP contribution in [0.2, 0.25) is 0 Å². The third-order valence-corrected chi connectivity index (χ3v) is 7.96. The molecule has 0 heterocycles. The lowest BCUT2D eigenvalue weighted by Crippen LogP contribution is -2.23. The van der Waals surface area contributed by atoms with Gasteiger partial charge in [0.05, 0.1) is 78.0 Å². The number of rotatable bonds is 24. The summed E-state index contributed by atoms with van der Waals surface area (Å²) >= 11 is 0. The molecule has 4 aromatic carbocycles. The maximum atomic E-state index is 12.2. The third-order valence-electron chi connectivity index (χ3n) is 7.96. The second-order valence-corrected chi connectivity index (χ2v) is 11.8. The number of fused-ring (bicyclic) bond motifs is 1. The molecule has 4 aromatic rings. The summed E-state index contributed by atoms with van der Waals surface area (Å²) in [4.78, 5) is 24.5. The summed E-state index contributed by atoms with van der Waals surface area (Å²) in [5, 5.41) is 26.2. The van der Waals surface area contributed by atoms with Crippen molar-refractivity contribution in [1.29, 1.82) is 0 Å². The first-order valence-corrected chi connectivity index (χ1v) is 17.0. The molecule has 280 valence electrons. The van der Waals surface area contributed by atoms with Crippen molar-refractivity contribution in [3.8, 4) is 33.8 Å². The Morgan fingerprint density at radius 1 is 0.481 bits per heavy atom. The Hall–Kier alpha value is -4.56. The predicted molar refractivity (Wildman–Crippen MR) is 191 cm³/mol. The molecule has 0 aromatic heterocycles. The van der Waals surface area contributed by atoms with Gasteiger partial charge in [-0.05, 0) is 82.3 Å². The van der Waals surface area contributed by atoms with E-state index in [1.165, 1.54) is 0 Å². The monoisotopic (exact) mass is 718 g/mol. The fourth-order valence-corrected chi connectivity index (χ4v) is 5.54. The van der Waals surface area contributed by atoms with E-state index in [0.29, 0.717) is 64.0 Å². The first-order chi connectivity index (χ1) is 25.2. The van der Waals surface area contributed by atoms with Gasteiger partial charge < -0.3 is 57.7 Å². The zero-order chi connectivity index (χ0) is 37.3. The van der Waals surface area contributed by atoms with E-state index in [4.69, 9.17) is 37.9 Å². The molecule has 0 atom stereocenters. The molecule has 0 N–H and O–H groups in total. The summed E-state index contributed by atoms with van der Waals surface area (Å²) in [6, 6.07) is 18.0. The molecule has 0 aliphatic carbocycles. The Labute approximate surface area is 304 Å². The largest absolute Gasteiger partial charge is 0.545 e. The minimum Gasteiger partial charge on any atom is -0.545 e. The summed E-state index contributed by atoms with van der Waals surface area (Å²) < 4.78 is 43.1. The zero-order valence-corrected chi connectivity index (χ0v) is 30.2. The normalized spacial score (nSPS) is 11.2. The number of methoxy groups -OCH3 is 2. The van der Waals surface area contributed by atoms with E-state index in [1.807, 2.05) is 38.1 Å². The van der Waals surface area contributed by atoms with Gasteiger partial charge in [-0.3, -0.25) is 0 Å². The molecule has 0 aliphatic heterocycles. The maximum absolute atomic E-state index is 12.2. The minimum atomic E-state index is -1.37. The van der Waals surface area contributed by atoms with Crippen molar-refractivity contribution in [1.82, 2.24) is 0 Å². The van der Waals surface area contributed by atoms with Crippen LogP contribution in [0.15, 0.2) is 60.7 Å². The lowest BCUT2D eigenvalue weighted by Gasteiger charge is -2.18. The number of hydrogen-bond acceptors (Lipinski definition) is 12. The summed E-state index contributed by atoms with van der Waals surface area (Å²) in [6.07, 6.45) is 0. The van der Waals surface area contributed by atoms with Gasteiger partial charge in [-0.1, -0.05) is 36.4 Å². The van der Waals surface area contributed by atoms with Crippen molar-refractivity contribution in [2.45, 2.75) is 13.8 Å². The molecule has 0 aliphatic rings. The van der Waals surface area contributed by atoms with E-state index in [1.54, 1.807) is 50.6 Å². The number of hydrogen-bond donors (Lipinski definition) is 0. The summed E-state index contributed by atoms with van der Waals surface area (Å²) in [6.45, 7) is 8.21. The van der Waals surface area contributed by atoms with Gasteiger partial charge in [0.15, 0.2) is 0 Å². The molecule has 0 saturated carbocycles. The van der Waals surface area contributed by atoms with Crippen LogP contribution >= 0.6 is 0 Å². The molecule has 12 nitrogen and oxygen atoms in total.